The third-order valence-corrected chi connectivity index (χ3v) is 5.41. The number of hydrogen-bond acceptors (Lipinski definition) is 4. The molecule has 1 saturated heterocycles. The monoisotopic (exact) mass is 348 g/mol. The van der Waals surface area contributed by atoms with Crippen LogP contribution < -0.4 is 5.73 Å². The Balaban J connectivity index is 1.46. The number of benzene rings is 1. The second kappa shape index (κ2) is 6.16. The van der Waals surface area contributed by atoms with Crippen molar-refractivity contribution in [2.45, 2.75) is 44.6 Å². The molecule has 3 atom stereocenters. The first kappa shape index (κ1) is 16.6. The third kappa shape index (κ3) is 2.86. The molecule has 7 heteroatoms. The fourth-order valence-electron chi connectivity index (χ4n) is 3.90. The molecule has 0 saturated carbocycles. The summed E-state index contributed by atoms with van der Waals surface area (Å²) in [6.07, 6.45) is 0.0606. The van der Waals surface area contributed by atoms with Gasteiger partial charge in [0.2, 0.25) is 0 Å². The number of imidazole rings is 1. The molecule has 1 unspecified atom stereocenters. The van der Waals surface area contributed by atoms with Crippen LogP contribution in [0, 0.1) is 18.6 Å². The van der Waals surface area contributed by atoms with Crippen LogP contribution in [0.25, 0.3) is 0 Å². The van der Waals surface area contributed by atoms with Gasteiger partial charge in [-0.05, 0) is 31.5 Å². The molecule has 25 heavy (non-hydrogen) atoms. The van der Waals surface area contributed by atoms with Gasteiger partial charge in [-0.25, -0.2) is 13.8 Å². The molecule has 0 aliphatic carbocycles. The quantitative estimate of drug-likeness (QED) is 0.904. The highest BCUT2D eigenvalue weighted by molar-refractivity contribution is 5.24. The normalized spacial score (nSPS) is 26.8. The van der Waals surface area contributed by atoms with Crippen molar-refractivity contribution >= 4 is 0 Å². The van der Waals surface area contributed by atoms with E-state index in [1.807, 2.05) is 14.0 Å². The fourth-order valence-corrected chi connectivity index (χ4v) is 3.90. The van der Waals surface area contributed by atoms with Crippen LogP contribution in [-0.2, 0) is 24.9 Å². The summed E-state index contributed by atoms with van der Waals surface area (Å²) in [5.74, 6) is 0.0576. The van der Waals surface area contributed by atoms with Crippen molar-refractivity contribution in [1.82, 2.24) is 14.5 Å². The summed E-state index contributed by atoms with van der Waals surface area (Å²) in [5.41, 5.74) is 8.79. The number of rotatable bonds is 2. The van der Waals surface area contributed by atoms with Crippen molar-refractivity contribution in [3.05, 3.63) is 52.6 Å². The van der Waals surface area contributed by atoms with Crippen molar-refractivity contribution in [2.24, 2.45) is 12.8 Å². The molecule has 2 aromatic rings. The van der Waals surface area contributed by atoms with Crippen LogP contribution in [0.3, 0.4) is 0 Å². The van der Waals surface area contributed by atoms with Crippen molar-refractivity contribution < 1.29 is 13.5 Å². The topological polar surface area (TPSA) is 56.3 Å². The van der Waals surface area contributed by atoms with Crippen molar-refractivity contribution in [3.63, 3.8) is 0 Å². The van der Waals surface area contributed by atoms with Crippen LogP contribution in [0.2, 0.25) is 0 Å². The number of nitrogens with two attached hydrogens (primary N) is 1. The summed E-state index contributed by atoms with van der Waals surface area (Å²) in [4.78, 5) is 6.90. The highest BCUT2D eigenvalue weighted by atomic mass is 19.1. The maximum absolute atomic E-state index is 14.0. The lowest BCUT2D eigenvalue weighted by Crippen LogP contribution is -2.47. The number of halogens is 2. The summed E-state index contributed by atoms with van der Waals surface area (Å²) < 4.78 is 35.5. The SMILES string of the molecule is Cc1nc2c(n1C)CN([C@H]1CO[C@H](c3cc(F)ccc3F)C(N)C1)C2. The number of ether oxygens (including phenoxy) is 1. The molecule has 0 amide bonds. The lowest BCUT2D eigenvalue weighted by atomic mass is 9.93. The van der Waals surface area contributed by atoms with Crippen LogP contribution >= 0.6 is 0 Å². The number of fused-ring (bicyclic) bond motifs is 1. The first-order chi connectivity index (χ1) is 11.9. The number of aromatic nitrogens is 2. The van der Waals surface area contributed by atoms with Gasteiger partial charge in [0.15, 0.2) is 0 Å². The molecule has 3 heterocycles. The Bertz CT molecular complexity index is 807. The van der Waals surface area contributed by atoms with Crippen LogP contribution in [0.5, 0.6) is 0 Å². The minimum atomic E-state index is -0.614. The van der Waals surface area contributed by atoms with Gasteiger partial charge in [0.05, 0.1) is 18.0 Å². The first-order valence-electron chi connectivity index (χ1n) is 8.51. The molecule has 1 aromatic heterocycles. The second-order valence-electron chi connectivity index (χ2n) is 6.99. The molecule has 0 radical (unpaired) electrons. The van der Waals surface area contributed by atoms with Crippen LogP contribution in [0.4, 0.5) is 8.78 Å². The maximum atomic E-state index is 14.0. The summed E-state index contributed by atoms with van der Waals surface area (Å²) >= 11 is 0. The standard InChI is InChI=1S/C18H22F2N4O/c1-10-22-16-7-24(8-17(16)23(10)2)12-6-15(21)18(25-9-12)13-5-11(19)3-4-14(13)20/h3-5,12,15,18H,6-9,21H2,1-2H3/t12-,15?,18-/m1/s1. The Hall–Kier alpha value is -1.83. The van der Waals surface area contributed by atoms with Crippen molar-refractivity contribution in [1.29, 1.82) is 0 Å². The predicted molar refractivity (Wildman–Crippen MR) is 88.6 cm³/mol. The van der Waals surface area contributed by atoms with E-state index in [0.717, 1.165) is 36.7 Å². The molecule has 2 N–H and O–H groups in total. The van der Waals surface area contributed by atoms with E-state index in [1.54, 1.807) is 0 Å². The zero-order chi connectivity index (χ0) is 17.7. The van der Waals surface area contributed by atoms with E-state index in [9.17, 15) is 8.78 Å². The highest BCUT2D eigenvalue weighted by Crippen LogP contribution is 2.34. The van der Waals surface area contributed by atoms with Crippen LogP contribution in [-0.4, -0.2) is 33.1 Å². The third-order valence-electron chi connectivity index (χ3n) is 5.41. The van der Waals surface area contributed by atoms with E-state index >= 15 is 0 Å². The molecule has 2 aliphatic rings. The van der Waals surface area contributed by atoms with Crippen molar-refractivity contribution in [3.8, 4) is 0 Å². The van der Waals surface area contributed by atoms with E-state index in [4.69, 9.17) is 10.5 Å². The lowest BCUT2D eigenvalue weighted by molar-refractivity contribution is -0.0535. The van der Waals surface area contributed by atoms with E-state index in [1.165, 1.54) is 11.8 Å². The molecule has 1 aromatic carbocycles. The largest absolute Gasteiger partial charge is 0.370 e. The average molecular weight is 348 g/mol. The van der Waals surface area contributed by atoms with Crippen LogP contribution in [0.15, 0.2) is 18.2 Å². The molecule has 0 spiro atoms. The van der Waals surface area contributed by atoms with E-state index < -0.39 is 17.7 Å². The minimum absolute atomic E-state index is 0.150. The molecular weight excluding hydrogens is 326 g/mol. The molecule has 2 aliphatic heterocycles. The second-order valence-corrected chi connectivity index (χ2v) is 6.99. The number of hydrogen-bond donors (Lipinski definition) is 1. The Morgan fingerprint density at radius 2 is 2.08 bits per heavy atom. The average Bonchev–Trinajstić information content (AvgIpc) is 3.10. The number of nitrogens with zero attached hydrogens (tertiary/aromatic N) is 3. The zero-order valence-corrected chi connectivity index (χ0v) is 14.4. The summed E-state index contributed by atoms with van der Waals surface area (Å²) in [7, 11) is 2.02. The number of aryl methyl sites for hydroxylation is 1. The smallest absolute Gasteiger partial charge is 0.129 e. The van der Waals surface area contributed by atoms with Gasteiger partial charge < -0.3 is 15.0 Å². The Morgan fingerprint density at radius 1 is 1.28 bits per heavy atom. The molecule has 0 bridgehead atoms. The van der Waals surface area contributed by atoms with E-state index in [0.29, 0.717) is 13.0 Å². The van der Waals surface area contributed by atoms with Gasteiger partial charge in [-0.3, -0.25) is 4.90 Å². The molecule has 134 valence electrons. The Kier molecular flexibility index (Phi) is 4.10. The zero-order valence-electron chi connectivity index (χ0n) is 14.4. The van der Waals surface area contributed by atoms with Crippen molar-refractivity contribution in [2.75, 3.05) is 6.61 Å². The summed E-state index contributed by atoms with van der Waals surface area (Å²) in [6, 6.07) is 3.18. The molecule has 1 fully saturated rings. The first-order valence-corrected chi connectivity index (χ1v) is 8.51. The van der Waals surface area contributed by atoms with Gasteiger partial charge in [0, 0.05) is 37.8 Å². The molecular formula is C18H22F2N4O. The Morgan fingerprint density at radius 3 is 2.80 bits per heavy atom. The van der Waals surface area contributed by atoms with Gasteiger partial charge in [-0.1, -0.05) is 0 Å². The highest BCUT2D eigenvalue weighted by Gasteiger charge is 2.37. The lowest BCUT2D eigenvalue weighted by Gasteiger charge is -2.38. The molecule has 4 rings (SSSR count). The maximum Gasteiger partial charge on any atom is 0.129 e. The van der Waals surface area contributed by atoms with Crippen LogP contribution in [0.1, 0.15) is 35.3 Å². The summed E-state index contributed by atoms with van der Waals surface area (Å²) in [6.45, 7) is 4.03. The summed E-state index contributed by atoms with van der Waals surface area (Å²) in [5, 5.41) is 0. The fraction of sp³-hybridized carbons (Fsp3) is 0.500. The van der Waals surface area contributed by atoms with Gasteiger partial charge >= 0.3 is 0 Å². The predicted octanol–water partition coefficient (Wildman–Crippen LogP) is 2.18. The van der Waals surface area contributed by atoms with Gasteiger partial charge in [-0.15, -0.1) is 0 Å². The van der Waals surface area contributed by atoms with Gasteiger partial charge in [-0.2, -0.15) is 0 Å². The van der Waals surface area contributed by atoms with E-state index in [-0.39, 0.29) is 17.6 Å². The minimum Gasteiger partial charge on any atom is -0.370 e. The van der Waals surface area contributed by atoms with Gasteiger partial charge in [0.1, 0.15) is 23.6 Å². The Labute approximate surface area is 145 Å². The van der Waals surface area contributed by atoms with Gasteiger partial charge in [0.25, 0.3) is 0 Å². The van der Waals surface area contributed by atoms with E-state index in [2.05, 4.69) is 14.5 Å². The molecule has 5 nitrogen and oxygen atoms in total.